The van der Waals surface area contributed by atoms with Crippen LogP contribution in [-0.4, -0.2) is 33.4 Å². The minimum Gasteiger partial charge on any atom is -0.313 e. The summed E-state index contributed by atoms with van der Waals surface area (Å²) in [5.41, 5.74) is 0. The molecule has 1 aliphatic heterocycles. The highest BCUT2D eigenvalue weighted by Gasteiger charge is 2.32. The van der Waals surface area contributed by atoms with Gasteiger partial charge in [-0.1, -0.05) is 13.8 Å². The van der Waals surface area contributed by atoms with Crippen molar-refractivity contribution in [2.75, 3.05) is 6.54 Å². The molecule has 2 aliphatic rings. The molecule has 0 radical (unpaired) electrons. The second kappa shape index (κ2) is 4.38. The molecule has 0 aromatic carbocycles. The van der Waals surface area contributed by atoms with Crippen LogP contribution in [0.5, 0.6) is 0 Å². The molecule has 1 atom stereocenters. The van der Waals surface area contributed by atoms with Crippen molar-refractivity contribution in [3.05, 3.63) is 11.6 Å². The van der Waals surface area contributed by atoms with Gasteiger partial charge in [-0.3, -0.25) is 0 Å². The van der Waals surface area contributed by atoms with E-state index in [0.29, 0.717) is 18.0 Å². The summed E-state index contributed by atoms with van der Waals surface area (Å²) in [6, 6.07) is 1.04. The van der Waals surface area contributed by atoms with Crippen LogP contribution < -0.4 is 10.6 Å². The van der Waals surface area contributed by atoms with Crippen LogP contribution in [-0.2, 0) is 13.1 Å². The molecule has 5 nitrogen and oxygen atoms in total. The van der Waals surface area contributed by atoms with E-state index in [9.17, 15) is 0 Å². The summed E-state index contributed by atoms with van der Waals surface area (Å²) >= 11 is 0. The summed E-state index contributed by atoms with van der Waals surface area (Å²) in [7, 11) is 0. The van der Waals surface area contributed by atoms with Crippen LogP contribution in [0.2, 0.25) is 0 Å². The molecule has 1 unspecified atom stereocenters. The Morgan fingerprint density at radius 3 is 2.94 bits per heavy atom. The average molecular weight is 235 g/mol. The molecule has 0 spiro atoms. The first-order chi connectivity index (χ1) is 8.24. The number of nitrogens with one attached hydrogen (secondary N) is 2. The highest BCUT2D eigenvalue weighted by atomic mass is 15.3. The lowest BCUT2D eigenvalue weighted by Crippen LogP contribution is -2.46. The van der Waals surface area contributed by atoms with Gasteiger partial charge in [0.15, 0.2) is 0 Å². The molecule has 5 heteroatoms. The molecule has 17 heavy (non-hydrogen) atoms. The molecule has 1 aliphatic carbocycles. The summed E-state index contributed by atoms with van der Waals surface area (Å²) in [5, 5.41) is 15.6. The number of hydrogen-bond acceptors (Lipinski definition) is 4. The lowest BCUT2D eigenvalue weighted by Gasteiger charge is -2.26. The Bertz CT molecular complexity index is 394. The first-order valence-corrected chi connectivity index (χ1v) is 6.63. The third-order valence-electron chi connectivity index (χ3n) is 3.52. The number of aromatic nitrogens is 3. The van der Waals surface area contributed by atoms with E-state index in [4.69, 9.17) is 0 Å². The van der Waals surface area contributed by atoms with Crippen LogP contribution in [0.4, 0.5) is 0 Å². The SMILES string of the molecule is CC(C)NCC1Cn2c(nnc2C2CC2)CN1. The van der Waals surface area contributed by atoms with Crippen molar-refractivity contribution in [2.45, 2.75) is 57.8 Å². The van der Waals surface area contributed by atoms with E-state index in [2.05, 4.69) is 39.2 Å². The number of fused-ring (bicyclic) bond motifs is 1. The van der Waals surface area contributed by atoms with E-state index in [0.717, 1.165) is 25.5 Å². The van der Waals surface area contributed by atoms with E-state index in [1.807, 2.05) is 0 Å². The molecular formula is C12H21N5. The van der Waals surface area contributed by atoms with Crippen LogP contribution in [0.15, 0.2) is 0 Å². The molecule has 0 bridgehead atoms. The maximum Gasteiger partial charge on any atom is 0.147 e. The van der Waals surface area contributed by atoms with Gasteiger partial charge in [0.1, 0.15) is 11.6 Å². The van der Waals surface area contributed by atoms with E-state index < -0.39 is 0 Å². The van der Waals surface area contributed by atoms with Crippen molar-refractivity contribution >= 4 is 0 Å². The van der Waals surface area contributed by atoms with E-state index in [1.165, 1.54) is 18.7 Å². The lowest BCUT2D eigenvalue weighted by atomic mass is 10.2. The Balaban J connectivity index is 1.68. The van der Waals surface area contributed by atoms with E-state index in [-0.39, 0.29) is 0 Å². The molecule has 2 heterocycles. The van der Waals surface area contributed by atoms with Gasteiger partial charge in [0.05, 0.1) is 6.54 Å². The molecular weight excluding hydrogens is 214 g/mol. The smallest absolute Gasteiger partial charge is 0.147 e. The van der Waals surface area contributed by atoms with Crippen LogP contribution >= 0.6 is 0 Å². The second-order valence-electron chi connectivity index (χ2n) is 5.50. The first kappa shape index (κ1) is 11.2. The van der Waals surface area contributed by atoms with Crippen molar-refractivity contribution in [3.8, 4) is 0 Å². The van der Waals surface area contributed by atoms with Crippen molar-refractivity contribution in [2.24, 2.45) is 0 Å². The Morgan fingerprint density at radius 2 is 2.24 bits per heavy atom. The van der Waals surface area contributed by atoms with Crippen molar-refractivity contribution in [1.29, 1.82) is 0 Å². The molecule has 1 aromatic heterocycles. The Labute approximate surface area is 102 Å². The van der Waals surface area contributed by atoms with E-state index in [1.54, 1.807) is 0 Å². The van der Waals surface area contributed by atoms with Crippen molar-refractivity contribution in [1.82, 2.24) is 25.4 Å². The van der Waals surface area contributed by atoms with Crippen LogP contribution in [0.1, 0.15) is 44.3 Å². The molecule has 94 valence electrons. The van der Waals surface area contributed by atoms with Crippen LogP contribution in [0.25, 0.3) is 0 Å². The number of hydrogen-bond donors (Lipinski definition) is 2. The lowest BCUT2D eigenvalue weighted by molar-refractivity contribution is 0.356. The molecule has 0 saturated heterocycles. The minimum atomic E-state index is 0.499. The third kappa shape index (κ3) is 2.35. The zero-order valence-electron chi connectivity index (χ0n) is 10.6. The molecule has 1 fully saturated rings. The average Bonchev–Trinajstić information content (AvgIpc) is 3.07. The van der Waals surface area contributed by atoms with Crippen molar-refractivity contribution in [3.63, 3.8) is 0 Å². The van der Waals surface area contributed by atoms with Crippen LogP contribution in [0, 0.1) is 0 Å². The highest BCUT2D eigenvalue weighted by molar-refractivity contribution is 5.10. The van der Waals surface area contributed by atoms with Gasteiger partial charge >= 0.3 is 0 Å². The van der Waals surface area contributed by atoms with Crippen LogP contribution in [0.3, 0.4) is 0 Å². The maximum absolute atomic E-state index is 4.34. The van der Waals surface area contributed by atoms with Gasteiger partial charge in [-0.2, -0.15) is 0 Å². The highest BCUT2D eigenvalue weighted by Crippen LogP contribution is 2.39. The normalized spacial score (nSPS) is 24.1. The Kier molecular flexibility index (Phi) is 2.88. The summed E-state index contributed by atoms with van der Waals surface area (Å²) in [6.45, 7) is 7.24. The third-order valence-corrected chi connectivity index (χ3v) is 3.52. The zero-order valence-corrected chi connectivity index (χ0v) is 10.6. The van der Waals surface area contributed by atoms with Gasteiger partial charge in [0, 0.05) is 31.1 Å². The topological polar surface area (TPSA) is 54.8 Å². The number of nitrogens with zero attached hydrogens (tertiary/aromatic N) is 3. The van der Waals surface area contributed by atoms with Gasteiger partial charge < -0.3 is 15.2 Å². The maximum atomic E-state index is 4.34. The predicted molar refractivity (Wildman–Crippen MR) is 65.8 cm³/mol. The van der Waals surface area contributed by atoms with Gasteiger partial charge in [0.25, 0.3) is 0 Å². The van der Waals surface area contributed by atoms with Gasteiger partial charge in [-0.25, -0.2) is 0 Å². The molecule has 1 saturated carbocycles. The van der Waals surface area contributed by atoms with Crippen molar-refractivity contribution < 1.29 is 0 Å². The molecule has 1 aromatic rings. The monoisotopic (exact) mass is 235 g/mol. The summed E-state index contributed by atoms with van der Waals surface area (Å²) in [5.74, 6) is 3.01. The fourth-order valence-electron chi connectivity index (χ4n) is 2.36. The molecule has 0 amide bonds. The minimum absolute atomic E-state index is 0.499. The molecule has 3 rings (SSSR count). The quantitative estimate of drug-likeness (QED) is 0.803. The fourth-order valence-corrected chi connectivity index (χ4v) is 2.36. The van der Waals surface area contributed by atoms with Gasteiger partial charge in [-0.15, -0.1) is 10.2 Å². The Morgan fingerprint density at radius 1 is 1.41 bits per heavy atom. The summed E-state index contributed by atoms with van der Waals surface area (Å²) in [6.07, 6.45) is 2.58. The number of rotatable bonds is 4. The first-order valence-electron chi connectivity index (χ1n) is 6.63. The predicted octanol–water partition coefficient (Wildman–Crippen LogP) is 0.625. The second-order valence-corrected chi connectivity index (χ2v) is 5.50. The van der Waals surface area contributed by atoms with Gasteiger partial charge in [0.2, 0.25) is 0 Å². The van der Waals surface area contributed by atoms with Gasteiger partial charge in [-0.05, 0) is 12.8 Å². The summed E-state index contributed by atoms with van der Waals surface area (Å²) in [4.78, 5) is 0. The standard InChI is InChI=1S/C12H21N5/c1-8(2)13-5-10-7-17-11(6-14-10)15-16-12(17)9-3-4-9/h8-10,13-14H,3-7H2,1-2H3. The molecule has 2 N–H and O–H groups in total. The fraction of sp³-hybridized carbons (Fsp3) is 0.833. The van der Waals surface area contributed by atoms with E-state index >= 15 is 0 Å². The Hall–Kier alpha value is -0.940. The largest absolute Gasteiger partial charge is 0.313 e. The zero-order chi connectivity index (χ0) is 11.8. The summed E-state index contributed by atoms with van der Waals surface area (Å²) < 4.78 is 2.33.